The van der Waals surface area contributed by atoms with Gasteiger partial charge in [0.2, 0.25) is 0 Å². The van der Waals surface area contributed by atoms with Gasteiger partial charge >= 0.3 is 5.97 Å². The summed E-state index contributed by atoms with van der Waals surface area (Å²) in [5.41, 5.74) is 2.62. The van der Waals surface area contributed by atoms with Crippen molar-refractivity contribution in [1.29, 1.82) is 0 Å². The lowest BCUT2D eigenvalue weighted by molar-refractivity contribution is -0.215. The number of hydrogen-bond acceptors (Lipinski definition) is 2. The molecule has 0 aliphatic heterocycles. The van der Waals surface area contributed by atoms with E-state index in [0.717, 1.165) is 51.4 Å². The van der Waals surface area contributed by atoms with E-state index in [1.54, 1.807) is 0 Å². The number of allylic oxidation sites excluding steroid dienone is 2. The van der Waals surface area contributed by atoms with E-state index in [2.05, 4.69) is 47.8 Å². The van der Waals surface area contributed by atoms with Crippen molar-refractivity contribution in [2.75, 3.05) is 0 Å². The molecule has 0 heterocycles. The number of carboxylic acids is 1. The number of carbonyl (C=O) groups is 2. The zero-order chi connectivity index (χ0) is 25.3. The zero-order valence-corrected chi connectivity index (χ0v) is 22.6. The molecule has 0 bridgehead atoms. The molecule has 3 unspecified atom stereocenters. The summed E-state index contributed by atoms with van der Waals surface area (Å²) in [6.45, 7) is 22.4. The lowest BCUT2D eigenvalue weighted by Gasteiger charge is -2.70. The van der Waals surface area contributed by atoms with E-state index in [1.807, 2.05) is 6.92 Å². The second kappa shape index (κ2) is 8.34. The fourth-order valence-corrected chi connectivity index (χ4v) is 10.6. The number of Topliss-reactive ketones (excluding diaryl/α,β-unsaturated/α-hetero) is 1. The van der Waals surface area contributed by atoms with Gasteiger partial charge in [-0.1, -0.05) is 45.1 Å². The number of rotatable bonds is 6. The molecule has 9 atom stereocenters. The smallest absolute Gasteiger partial charge is 0.303 e. The predicted molar refractivity (Wildman–Crippen MR) is 138 cm³/mol. The van der Waals surface area contributed by atoms with E-state index in [1.165, 1.54) is 17.6 Å². The molecule has 4 rings (SSSR count). The van der Waals surface area contributed by atoms with E-state index in [-0.39, 0.29) is 28.1 Å². The molecule has 0 aromatic carbocycles. The third-order valence-corrected chi connectivity index (χ3v) is 12.5. The molecule has 0 saturated heterocycles. The van der Waals surface area contributed by atoms with Gasteiger partial charge in [0.05, 0.1) is 0 Å². The first-order chi connectivity index (χ1) is 15.7. The van der Waals surface area contributed by atoms with Crippen molar-refractivity contribution in [3.63, 3.8) is 0 Å². The summed E-state index contributed by atoms with van der Waals surface area (Å²) in [5, 5.41) is 9.58. The molecule has 1 N–H and O–H groups in total. The van der Waals surface area contributed by atoms with Crippen LogP contribution in [0.2, 0.25) is 0 Å². The summed E-state index contributed by atoms with van der Waals surface area (Å²) in [4.78, 5) is 24.8. The Labute approximate surface area is 207 Å². The maximum atomic E-state index is 13.2. The molecular formula is C31H48O3. The van der Waals surface area contributed by atoms with Crippen LogP contribution >= 0.6 is 0 Å². The molecule has 0 radical (unpaired) electrons. The molecule has 4 saturated carbocycles. The van der Waals surface area contributed by atoms with Gasteiger partial charge in [-0.2, -0.15) is 0 Å². The Morgan fingerprint density at radius 2 is 1.53 bits per heavy atom. The van der Waals surface area contributed by atoms with Crippen molar-refractivity contribution < 1.29 is 14.7 Å². The quantitative estimate of drug-likeness (QED) is 0.404. The van der Waals surface area contributed by atoms with Crippen LogP contribution in [0, 0.1) is 51.2 Å². The van der Waals surface area contributed by atoms with Gasteiger partial charge in [-0.25, -0.2) is 0 Å². The van der Waals surface area contributed by atoms with E-state index < -0.39 is 5.97 Å². The van der Waals surface area contributed by atoms with Gasteiger partial charge in [-0.3, -0.25) is 9.59 Å². The molecule has 4 aliphatic carbocycles. The largest absolute Gasteiger partial charge is 0.481 e. The zero-order valence-electron chi connectivity index (χ0n) is 22.6. The molecule has 3 nitrogen and oxygen atoms in total. The van der Waals surface area contributed by atoms with Crippen LogP contribution in [0.15, 0.2) is 24.3 Å². The first-order valence-corrected chi connectivity index (χ1v) is 13.8. The van der Waals surface area contributed by atoms with E-state index in [4.69, 9.17) is 0 Å². The Kier molecular flexibility index (Phi) is 6.31. The number of carboxylic acid groups (broad SMARTS) is 1. The van der Waals surface area contributed by atoms with Crippen LogP contribution in [0.1, 0.15) is 106 Å². The van der Waals surface area contributed by atoms with Gasteiger partial charge in [0.15, 0.2) is 0 Å². The van der Waals surface area contributed by atoms with Crippen molar-refractivity contribution in [3.05, 3.63) is 24.3 Å². The third-order valence-electron chi connectivity index (χ3n) is 12.5. The fourth-order valence-electron chi connectivity index (χ4n) is 10.6. The highest BCUT2D eigenvalue weighted by molar-refractivity contribution is 5.83. The first-order valence-electron chi connectivity index (χ1n) is 13.8. The van der Waals surface area contributed by atoms with E-state index >= 15 is 0 Å². The summed E-state index contributed by atoms with van der Waals surface area (Å²) >= 11 is 0. The maximum Gasteiger partial charge on any atom is 0.303 e. The van der Waals surface area contributed by atoms with Crippen molar-refractivity contribution in [1.82, 2.24) is 0 Å². The number of ketones is 1. The molecule has 0 amide bonds. The van der Waals surface area contributed by atoms with Gasteiger partial charge < -0.3 is 5.11 Å². The average Bonchev–Trinajstić information content (AvgIpc) is 3.14. The maximum absolute atomic E-state index is 13.2. The predicted octanol–water partition coefficient (Wildman–Crippen LogP) is 7.85. The monoisotopic (exact) mass is 468 g/mol. The van der Waals surface area contributed by atoms with Gasteiger partial charge in [0.25, 0.3) is 0 Å². The Morgan fingerprint density at radius 1 is 0.853 bits per heavy atom. The number of fused-ring (bicyclic) bond motifs is 5. The molecular weight excluding hydrogens is 420 g/mol. The topological polar surface area (TPSA) is 54.4 Å². The summed E-state index contributed by atoms with van der Waals surface area (Å²) in [6.07, 6.45) is 9.84. The van der Waals surface area contributed by atoms with Crippen molar-refractivity contribution in [2.45, 2.75) is 106 Å². The van der Waals surface area contributed by atoms with Crippen LogP contribution in [-0.4, -0.2) is 16.9 Å². The van der Waals surface area contributed by atoms with Gasteiger partial charge in [-0.05, 0) is 124 Å². The SMILES string of the molecule is C=C(C)C1CCC2(C(C)=O)CC[C@]3(C)[C@H](CC[C@@H]4[C@@](C)(CCC(=O)O)[C@H](C(=C)C)CC[C@]43C)C12. The van der Waals surface area contributed by atoms with Crippen molar-refractivity contribution >= 4 is 11.8 Å². The highest BCUT2D eigenvalue weighted by Gasteiger charge is 2.69. The Hall–Kier alpha value is -1.38. The summed E-state index contributed by atoms with van der Waals surface area (Å²) in [7, 11) is 0. The highest BCUT2D eigenvalue weighted by atomic mass is 16.4. The molecule has 190 valence electrons. The van der Waals surface area contributed by atoms with Gasteiger partial charge in [-0.15, -0.1) is 0 Å². The normalized spacial score (nSPS) is 47.8. The Bertz CT molecular complexity index is 902. The molecule has 4 aliphatic rings. The minimum absolute atomic E-state index is 0.0380. The van der Waals surface area contributed by atoms with Crippen LogP contribution < -0.4 is 0 Å². The third kappa shape index (κ3) is 3.34. The molecule has 34 heavy (non-hydrogen) atoms. The summed E-state index contributed by atoms with van der Waals surface area (Å²) < 4.78 is 0. The van der Waals surface area contributed by atoms with Crippen LogP contribution in [0.5, 0.6) is 0 Å². The second-order valence-corrected chi connectivity index (χ2v) is 13.6. The van der Waals surface area contributed by atoms with E-state index in [0.29, 0.717) is 35.4 Å². The second-order valence-electron chi connectivity index (χ2n) is 13.6. The minimum atomic E-state index is -0.687. The van der Waals surface area contributed by atoms with Crippen LogP contribution in [0.3, 0.4) is 0 Å². The van der Waals surface area contributed by atoms with Crippen molar-refractivity contribution in [3.8, 4) is 0 Å². The van der Waals surface area contributed by atoms with Crippen molar-refractivity contribution in [2.24, 2.45) is 51.2 Å². The van der Waals surface area contributed by atoms with Crippen LogP contribution in [0.4, 0.5) is 0 Å². The molecule has 3 heteroatoms. The lowest BCUT2D eigenvalue weighted by atomic mass is 9.34. The minimum Gasteiger partial charge on any atom is -0.481 e. The van der Waals surface area contributed by atoms with Crippen LogP contribution in [-0.2, 0) is 9.59 Å². The van der Waals surface area contributed by atoms with Gasteiger partial charge in [0.1, 0.15) is 5.78 Å². The van der Waals surface area contributed by atoms with Crippen LogP contribution in [0.25, 0.3) is 0 Å². The molecule has 0 aromatic rings. The molecule has 4 fully saturated rings. The summed E-state index contributed by atoms with van der Waals surface area (Å²) in [6, 6.07) is 0. The molecule has 0 spiro atoms. The lowest BCUT2D eigenvalue weighted by Crippen LogP contribution is -2.64. The summed E-state index contributed by atoms with van der Waals surface area (Å²) in [5.74, 6) is 2.02. The molecule has 0 aromatic heterocycles. The Balaban J connectivity index is 1.78. The fraction of sp³-hybridized carbons (Fsp3) is 0.806. The standard InChI is InChI=1S/C31H48O3/c1-19(2)22-11-16-31(21(5)32)18-17-29(7)24(27(22)31)9-10-25-28(6,14-13-26(33)34)23(20(3)4)12-15-30(25,29)8/h22-25,27H,1,3,9-18H2,2,4-8H3,(H,33,34)/t22?,23-,24+,25+,27?,28-,29+,30+,31?/m0/s1. The van der Waals surface area contributed by atoms with Gasteiger partial charge in [0, 0.05) is 11.8 Å². The first kappa shape index (κ1) is 25.7. The van der Waals surface area contributed by atoms with E-state index in [9.17, 15) is 14.7 Å². The number of hydrogen-bond donors (Lipinski definition) is 1. The average molecular weight is 469 g/mol. The number of carbonyl (C=O) groups excluding carboxylic acids is 1. The number of aliphatic carboxylic acids is 1. The highest BCUT2D eigenvalue weighted by Crippen LogP contribution is 2.76. The Morgan fingerprint density at radius 3 is 2.09 bits per heavy atom.